The third-order valence-corrected chi connectivity index (χ3v) is 4.19. The molecule has 1 saturated heterocycles. The lowest BCUT2D eigenvalue weighted by Gasteiger charge is -2.28. The molecule has 1 aromatic rings. The Hall–Kier alpha value is -1.46. The van der Waals surface area contributed by atoms with E-state index in [1.165, 1.54) is 4.91 Å². The van der Waals surface area contributed by atoms with Gasteiger partial charge < -0.3 is 15.0 Å². The van der Waals surface area contributed by atoms with Crippen LogP contribution in [0, 0.1) is 0 Å². The minimum atomic E-state index is 0.0614. The molecule has 0 unspecified atom stereocenters. The average Bonchev–Trinajstić information content (AvgIpc) is 2.90. The Balaban J connectivity index is 1.94. The number of hydrogen-bond acceptors (Lipinski definition) is 4. The van der Waals surface area contributed by atoms with Crippen molar-refractivity contribution in [2.24, 2.45) is 0 Å². The topological polar surface area (TPSA) is 41.6 Å². The highest BCUT2D eigenvalue weighted by atomic mass is 32.2. The van der Waals surface area contributed by atoms with Crippen LogP contribution in [0.25, 0.3) is 6.08 Å². The third kappa shape index (κ3) is 2.62. The van der Waals surface area contributed by atoms with Crippen molar-refractivity contribution in [3.63, 3.8) is 0 Å². The molecule has 3 rings (SSSR count). The fourth-order valence-corrected chi connectivity index (χ4v) is 3.11. The monoisotopic (exact) mass is 276 g/mol. The first-order chi connectivity index (χ1) is 9.24. The Bertz CT molecular complexity index is 534. The Morgan fingerprint density at radius 3 is 3.16 bits per heavy atom. The van der Waals surface area contributed by atoms with Gasteiger partial charge in [0, 0.05) is 24.3 Å². The van der Waals surface area contributed by atoms with Gasteiger partial charge in [-0.05, 0) is 23.8 Å². The van der Waals surface area contributed by atoms with Gasteiger partial charge in [0.15, 0.2) is 0 Å². The molecule has 1 amide bonds. The van der Waals surface area contributed by atoms with Gasteiger partial charge in [0.25, 0.3) is 0 Å². The number of nitrogens with zero attached hydrogens (tertiary/aromatic N) is 1. The Kier molecular flexibility index (Phi) is 3.48. The van der Waals surface area contributed by atoms with Crippen LogP contribution in [0.4, 0.5) is 5.69 Å². The van der Waals surface area contributed by atoms with Gasteiger partial charge in [-0.15, -0.1) is 11.8 Å². The smallest absolute Gasteiger partial charge is 0.224 e. The molecule has 2 aliphatic rings. The lowest BCUT2D eigenvalue weighted by Crippen LogP contribution is -2.36. The highest BCUT2D eigenvalue weighted by molar-refractivity contribution is 8.03. The summed E-state index contributed by atoms with van der Waals surface area (Å²) >= 11 is 1.82. The largest absolute Gasteiger partial charge is 0.490 e. The van der Waals surface area contributed by atoms with Crippen LogP contribution in [0.2, 0.25) is 0 Å². The van der Waals surface area contributed by atoms with Crippen LogP contribution in [0.15, 0.2) is 23.1 Å². The molecule has 1 aromatic carbocycles. The Labute approximate surface area is 116 Å². The normalized spacial score (nSPS) is 20.3. The second-order valence-corrected chi connectivity index (χ2v) is 5.67. The van der Waals surface area contributed by atoms with E-state index in [0.717, 1.165) is 29.4 Å². The van der Waals surface area contributed by atoms with E-state index < -0.39 is 0 Å². The molecule has 4 nitrogen and oxygen atoms in total. The third-order valence-electron chi connectivity index (χ3n) is 3.21. The van der Waals surface area contributed by atoms with E-state index in [9.17, 15) is 4.79 Å². The number of benzene rings is 1. The summed E-state index contributed by atoms with van der Waals surface area (Å²) in [5, 5.41) is 3.29. The zero-order chi connectivity index (χ0) is 13.2. The first kappa shape index (κ1) is 12.6. The molecule has 0 aliphatic carbocycles. The van der Waals surface area contributed by atoms with Gasteiger partial charge in [0.05, 0.1) is 12.2 Å². The molecule has 1 N–H and O–H groups in total. The summed E-state index contributed by atoms with van der Waals surface area (Å²) in [6.07, 6.45) is 2.16. The fourth-order valence-electron chi connectivity index (χ4n) is 2.30. The maximum atomic E-state index is 11.7. The van der Waals surface area contributed by atoms with E-state index in [4.69, 9.17) is 4.74 Å². The molecular weight excluding hydrogens is 260 g/mol. The molecule has 19 heavy (non-hydrogen) atoms. The molecule has 0 bridgehead atoms. The summed E-state index contributed by atoms with van der Waals surface area (Å²) in [7, 11) is 0. The van der Waals surface area contributed by atoms with E-state index in [2.05, 4.69) is 11.4 Å². The average molecular weight is 276 g/mol. The molecule has 2 aliphatic heterocycles. The number of rotatable bonds is 1. The van der Waals surface area contributed by atoms with Crippen molar-refractivity contribution in [1.29, 1.82) is 0 Å². The van der Waals surface area contributed by atoms with Crippen LogP contribution < -0.4 is 15.0 Å². The van der Waals surface area contributed by atoms with Crippen molar-refractivity contribution in [3.05, 3.63) is 28.7 Å². The summed E-state index contributed by atoms with van der Waals surface area (Å²) in [6.45, 7) is 3.71. The van der Waals surface area contributed by atoms with Gasteiger partial charge in [0.1, 0.15) is 12.4 Å². The summed E-state index contributed by atoms with van der Waals surface area (Å²) in [6, 6.07) is 6.01. The SMILES string of the molecule is CC(=O)N1CCOc2ccc(C=C3CNCS3)cc21. The van der Waals surface area contributed by atoms with Crippen molar-refractivity contribution in [3.8, 4) is 5.75 Å². The zero-order valence-electron chi connectivity index (χ0n) is 10.8. The molecule has 0 radical (unpaired) electrons. The van der Waals surface area contributed by atoms with Gasteiger partial charge in [-0.3, -0.25) is 4.79 Å². The van der Waals surface area contributed by atoms with Crippen LogP contribution in [0.3, 0.4) is 0 Å². The molecule has 2 heterocycles. The van der Waals surface area contributed by atoms with Gasteiger partial charge in [-0.2, -0.15) is 0 Å². The lowest BCUT2D eigenvalue weighted by atomic mass is 10.1. The van der Waals surface area contributed by atoms with Gasteiger partial charge >= 0.3 is 0 Å². The first-order valence-corrected chi connectivity index (χ1v) is 7.31. The molecule has 0 saturated carbocycles. The summed E-state index contributed by atoms with van der Waals surface area (Å²) in [4.78, 5) is 14.8. The number of fused-ring (bicyclic) bond motifs is 1. The van der Waals surface area contributed by atoms with Gasteiger partial charge in [-0.25, -0.2) is 0 Å². The molecule has 0 atom stereocenters. The Morgan fingerprint density at radius 1 is 1.53 bits per heavy atom. The second kappa shape index (κ2) is 5.27. The van der Waals surface area contributed by atoms with E-state index in [0.29, 0.717) is 13.2 Å². The summed E-state index contributed by atoms with van der Waals surface area (Å²) in [5.41, 5.74) is 1.99. The van der Waals surface area contributed by atoms with Crippen LogP contribution in [-0.4, -0.2) is 31.5 Å². The maximum Gasteiger partial charge on any atom is 0.224 e. The molecule has 0 aromatic heterocycles. The number of hydrogen-bond donors (Lipinski definition) is 1. The van der Waals surface area contributed by atoms with Crippen LogP contribution in [0.5, 0.6) is 5.75 Å². The number of carbonyl (C=O) groups excluding carboxylic acids is 1. The van der Waals surface area contributed by atoms with E-state index in [-0.39, 0.29) is 5.91 Å². The van der Waals surface area contributed by atoms with Crippen LogP contribution >= 0.6 is 11.8 Å². The van der Waals surface area contributed by atoms with Crippen molar-refractivity contribution >= 4 is 29.4 Å². The first-order valence-electron chi connectivity index (χ1n) is 6.33. The molecular formula is C14H16N2O2S. The predicted octanol–water partition coefficient (Wildman–Crippen LogP) is 2.07. The molecule has 0 spiro atoms. The predicted molar refractivity (Wildman–Crippen MR) is 78.4 cm³/mol. The fraction of sp³-hybridized carbons (Fsp3) is 0.357. The zero-order valence-corrected chi connectivity index (χ0v) is 11.6. The molecule has 5 heteroatoms. The molecule has 1 fully saturated rings. The van der Waals surface area contributed by atoms with Gasteiger partial charge in [0.2, 0.25) is 5.91 Å². The van der Waals surface area contributed by atoms with E-state index in [1.807, 2.05) is 30.0 Å². The number of thioether (sulfide) groups is 1. The minimum Gasteiger partial charge on any atom is -0.490 e. The quantitative estimate of drug-likeness (QED) is 0.852. The number of anilines is 1. The highest BCUT2D eigenvalue weighted by Gasteiger charge is 2.21. The van der Waals surface area contributed by atoms with Crippen LogP contribution in [0.1, 0.15) is 12.5 Å². The summed E-state index contributed by atoms with van der Waals surface area (Å²) < 4.78 is 5.60. The number of amides is 1. The van der Waals surface area contributed by atoms with Crippen molar-refractivity contribution in [1.82, 2.24) is 5.32 Å². The Morgan fingerprint density at radius 2 is 2.42 bits per heavy atom. The van der Waals surface area contributed by atoms with Crippen molar-refractivity contribution in [2.75, 3.05) is 30.5 Å². The van der Waals surface area contributed by atoms with Gasteiger partial charge in [-0.1, -0.05) is 6.07 Å². The molecule has 100 valence electrons. The second-order valence-electron chi connectivity index (χ2n) is 4.57. The summed E-state index contributed by atoms with van der Waals surface area (Å²) in [5.74, 6) is 1.83. The van der Waals surface area contributed by atoms with Crippen molar-refractivity contribution < 1.29 is 9.53 Å². The standard InChI is InChI=1S/C14H16N2O2S/c1-10(17)16-4-5-18-14-3-2-11(7-13(14)16)6-12-8-15-9-19-12/h2-3,6-7,15H,4-5,8-9H2,1H3. The van der Waals surface area contributed by atoms with E-state index >= 15 is 0 Å². The van der Waals surface area contributed by atoms with Crippen molar-refractivity contribution in [2.45, 2.75) is 6.92 Å². The number of nitrogens with one attached hydrogen (secondary N) is 1. The number of ether oxygens (including phenoxy) is 1. The highest BCUT2D eigenvalue weighted by Crippen LogP contribution is 2.34. The van der Waals surface area contributed by atoms with E-state index in [1.54, 1.807) is 11.8 Å². The lowest BCUT2D eigenvalue weighted by molar-refractivity contribution is -0.116. The maximum absolute atomic E-state index is 11.7. The van der Waals surface area contributed by atoms with Crippen LogP contribution in [-0.2, 0) is 4.79 Å². The number of carbonyl (C=O) groups is 1. The minimum absolute atomic E-state index is 0.0614.